The number of nitrogens with one attached hydrogen (secondary N) is 1. The van der Waals surface area contributed by atoms with Crippen LogP contribution in [-0.2, 0) is 4.79 Å². The highest BCUT2D eigenvalue weighted by Crippen LogP contribution is 2.28. The molecule has 132 valence electrons. The summed E-state index contributed by atoms with van der Waals surface area (Å²) < 4.78 is 5.78. The van der Waals surface area contributed by atoms with Crippen LogP contribution in [0.2, 0.25) is 0 Å². The molecule has 1 aromatic carbocycles. The first-order valence-electron chi connectivity index (χ1n) is 9.00. The number of ether oxygens (including phenoxy) is 1. The molecule has 2 saturated carbocycles. The van der Waals surface area contributed by atoms with Crippen LogP contribution in [0.25, 0.3) is 0 Å². The lowest BCUT2D eigenvalue weighted by Crippen LogP contribution is -2.57. The molecule has 0 heterocycles. The number of hydrogen-bond acceptors (Lipinski definition) is 4. The molecule has 0 unspecified atom stereocenters. The number of hydrogen-bond donors (Lipinski definition) is 3. The van der Waals surface area contributed by atoms with Crippen LogP contribution in [-0.4, -0.2) is 40.5 Å². The molecule has 2 fully saturated rings. The molecule has 0 bridgehead atoms. The Morgan fingerprint density at radius 1 is 1.04 bits per heavy atom. The standard InChI is InChI=1S/C19H27NO4/c21-17(12-13-6-4-5-7-13)20-15-10-11-16(19(23)18(15)22)24-14-8-2-1-3-9-14/h1-3,8-9,13,15-16,18-19,22-23H,4-7,10-12H2,(H,20,21)/t15-,16-,18+,19+/m1/s1. The van der Waals surface area contributed by atoms with Crippen molar-refractivity contribution in [3.05, 3.63) is 30.3 Å². The molecular weight excluding hydrogens is 306 g/mol. The second kappa shape index (κ2) is 7.99. The van der Waals surface area contributed by atoms with E-state index < -0.39 is 24.4 Å². The van der Waals surface area contributed by atoms with E-state index in [1.807, 2.05) is 30.3 Å². The van der Waals surface area contributed by atoms with E-state index in [0.717, 1.165) is 12.8 Å². The minimum Gasteiger partial charge on any atom is -0.488 e. The maximum Gasteiger partial charge on any atom is 0.220 e. The Bertz CT molecular complexity index is 529. The average Bonchev–Trinajstić information content (AvgIpc) is 3.08. The van der Waals surface area contributed by atoms with Gasteiger partial charge in [0.05, 0.1) is 6.04 Å². The lowest BCUT2D eigenvalue weighted by Gasteiger charge is -2.37. The Kier molecular flexibility index (Phi) is 5.74. The molecule has 24 heavy (non-hydrogen) atoms. The van der Waals surface area contributed by atoms with Crippen LogP contribution in [0.4, 0.5) is 0 Å². The normalized spacial score (nSPS) is 30.9. The van der Waals surface area contributed by atoms with Gasteiger partial charge in [-0.2, -0.15) is 0 Å². The van der Waals surface area contributed by atoms with Gasteiger partial charge in [-0.05, 0) is 43.7 Å². The van der Waals surface area contributed by atoms with Crippen LogP contribution in [0.5, 0.6) is 5.75 Å². The van der Waals surface area contributed by atoms with Gasteiger partial charge in [0.2, 0.25) is 5.91 Å². The molecule has 5 nitrogen and oxygen atoms in total. The second-order valence-electron chi connectivity index (χ2n) is 7.06. The van der Waals surface area contributed by atoms with Crippen LogP contribution in [0.15, 0.2) is 30.3 Å². The largest absolute Gasteiger partial charge is 0.488 e. The molecule has 1 amide bonds. The number of carbonyl (C=O) groups is 1. The molecule has 5 heteroatoms. The molecule has 2 aliphatic carbocycles. The molecule has 0 saturated heterocycles. The van der Waals surface area contributed by atoms with E-state index in [-0.39, 0.29) is 5.91 Å². The number of para-hydroxylation sites is 1. The van der Waals surface area contributed by atoms with Gasteiger partial charge in [-0.3, -0.25) is 4.79 Å². The topological polar surface area (TPSA) is 78.8 Å². The van der Waals surface area contributed by atoms with E-state index in [1.165, 1.54) is 12.8 Å². The summed E-state index contributed by atoms with van der Waals surface area (Å²) in [6.45, 7) is 0. The minimum atomic E-state index is -1.00. The first-order chi connectivity index (χ1) is 11.6. The SMILES string of the molecule is O=C(CC1CCCC1)N[C@@H]1CC[C@@H](Oc2ccccc2)[C@H](O)[C@H]1O. The molecule has 3 N–H and O–H groups in total. The third-order valence-corrected chi connectivity index (χ3v) is 5.23. The van der Waals surface area contributed by atoms with Gasteiger partial charge in [0, 0.05) is 6.42 Å². The molecule has 3 rings (SSSR count). The second-order valence-corrected chi connectivity index (χ2v) is 7.06. The zero-order chi connectivity index (χ0) is 16.9. The van der Waals surface area contributed by atoms with Crippen molar-refractivity contribution in [2.45, 2.75) is 69.3 Å². The quantitative estimate of drug-likeness (QED) is 0.770. The van der Waals surface area contributed by atoms with Gasteiger partial charge in [-0.1, -0.05) is 31.0 Å². The van der Waals surface area contributed by atoms with Crippen molar-refractivity contribution < 1.29 is 19.7 Å². The van der Waals surface area contributed by atoms with Crippen LogP contribution < -0.4 is 10.1 Å². The number of rotatable bonds is 5. The Morgan fingerprint density at radius 3 is 2.46 bits per heavy atom. The summed E-state index contributed by atoms with van der Waals surface area (Å²) in [5.74, 6) is 1.14. The maximum absolute atomic E-state index is 12.2. The fraction of sp³-hybridized carbons (Fsp3) is 0.632. The third-order valence-electron chi connectivity index (χ3n) is 5.23. The lowest BCUT2D eigenvalue weighted by molar-refractivity contribution is -0.128. The summed E-state index contributed by atoms with van der Waals surface area (Å²) in [6, 6.07) is 8.89. The fourth-order valence-corrected chi connectivity index (χ4v) is 3.85. The summed E-state index contributed by atoms with van der Waals surface area (Å²) >= 11 is 0. The Morgan fingerprint density at radius 2 is 1.75 bits per heavy atom. The first kappa shape index (κ1) is 17.2. The van der Waals surface area contributed by atoms with Crippen molar-refractivity contribution in [2.24, 2.45) is 5.92 Å². The molecule has 0 aliphatic heterocycles. The highest BCUT2D eigenvalue weighted by atomic mass is 16.5. The van der Waals surface area contributed by atoms with Crippen LogP contribution in [0, 0.1) is 5.92 Å². The van der Waals surface area contributed by atoms with Crippen LogP contribution in [0.1, 0.15) is 44.9 Å². The van der Waals surface area contributed by atoms with Crippen molar-refractivity contribution in [1.29, 1.82) is 0 Å². The van der Waals surface area contributed by atoms with E-state index in [4.69, 9.17) is 4.74 Å². The molecular formula is C19H27NO4. The van der Waals surface area contributed by atoms with Gasteiger partial charge in [0.15, 0.2) is 0 Å². The molecule has 0 spiro atoms. The monoisotopic (exact) mass is 333 g/mol. The predicted octanol–water partition coefficient (Wildman–Crippen LogP) is 2.01. The smallest absolute Gasteiger partial charge is 0.220 e. The Labute approximate surface area is 143 Å². The van der Waals surface area contributed by atoms with Crippen LogP contribution in [0.3, 0.4) is 0 Å². The van der Waals surface area contributed by atoms with Crippen LogP contribution >= 0.6 is 0 Å². The van der Waals surface area contributed by atoms with E-state index in [2.05, 4.69) is 5.32 Å². The lowest BCUT2D eigenvalue weighted by atomic mass is 9.87. The van der Waals surface area contributed by atoms with E-state index in [0.29, 0.717) is 30.9 Å². The van der Waals surface area contributed by atoms with Crippen molar-refractivity contribution in [2.75, 3.05) is 0 Å². The number of aliphatic hydroxyl groups excluding tert-OH is 2. The van der Waals surface area contributed by atoms with Gasteiger partial charge < -0.3 is 20.3 Å². The molecule has 0 aromatic heterocycles. The number of benzene rings is 1. The van der Waals surface area contributed by atoms with Gasteiger partial charge in [0.1, 0.15) is 24.1 Å². The van der Waals surface area contributed by atoms with Gasteiger partial charge >= 0.3 is 0 Å². The number of amides is 1. The highest BCUT2D eigenvalue weighted by molar-refractivity contribution is 5.76. The third kappa shape index (κ3) is 4.28. The maximum atomic E-state index is 12.2. The van der Waals surface area contributed by atoms with Gasteiger partial charge in [-0.15, -0.1) is 0 Å². The molecule has 1 aromatic rings. The average molecular weight is 333 g/mol. The van der Waals surface area contributed by atoms with Crippen molar-refractivity contribution >= 4 is 5.91 Å². The van der Waals surface area contributed by atoms with E-state index in [1.54, 1.807) is 0 Å². The molecule has 2 aliphatic rings. The number of carbonyl (C=O) groups excluding carboxylic acids is 1. The summed E-state index contributed by atoms with van der Waals surface area (Å²) in [7, 11) is 0. The first-order valence-corrected chi connectivity index (χ1v) is 9.00. The predicted molar refractivity (Wildman–Crippen MR) is 90.6 cm³/mol. The van der Waals surface area contributed by atoms with Crippen molar-refractivity contribution in [3.8, 4) is 5.75 Å². The summed E-state index contributed by atoms with van der Waals surface area (Å²) in [6.07, 6.45) is 3.94. The Hall–Kier alpha value is -1.59. The summed E-state index contributed by atoms with van der Waals surface area (Å²) in [5.41, 5.74) is 0. The minimum absolute atomic E-state index is 0.0134. The molecule has 4 atom stereocenters. The number of aliphatic hydroxyl groups is 2. The summed E-state index contributed by atoms with van der Waals surface area (Å²) in [5, 5.41) is 23.6. The van der Waals surface area contributed by atoms with E-state index in [9.17, 15) is 15.0 Å². The zero-order valence-electron chi connectivity index (χ0n) is 13.9. The van der Waals surface area contributed by atoms with E-state index >= 15 is 0 Å². The van der Waals surface area contributed by atoms with Crippen molar-refractivity contribution in [3.63, 3.8) is 0 Å². The molecule has 0 radical (unpaired) electrons. The zero-order valence-corrected chi connectivity index (χ0v) is 13.9. The fourth-order valence-electron chi connectivity index (χ4n) is 3.85. The van der Waals surface area contributed by atoms with Gasteiger partial charge in [0.25, 0.3) is 0 Å². The highest BCUT2D eigenvalue weighted by Gasteiger charge is 2.39. The van der Waals surface area contributed by atoms with Gasteiger partial charge in [-0.25, -0.2) is 0 Å². The Balaban J connectivity index is 1.50. The summed E-state index contributed by atoms with van der Waals surface area (Å²) in [4.78, 5) is 12.2. The van der Waals surface area contributed by atoms with Crippen molar-refractivity contribution in [1.82, 2.24) is 5.32 Å².